The number of hydrazine groups is 1. The molecule has 1 heterocycles. The molecule has 2 atom stereocenters. The minimum atomic E-state index is -0.437. The summed E-state index contributed by atoms with van der Waals surface area (Å²) in [6.45, 7) is 2.20. The van der Waals surface area contributed by atoms with Crippen molar-refractivity contribution in [1.82, 2.24) is 9.97 Å². The fraction of sp³-hybridized carbons (Fsp3) is 0.667. The van der Waals surface area contributed by atoms with Crippen LogP contribution >= 0.6 is 0 Å². The average Bonchev–Trinajstić information content (AvgIpc) is 2.41. The van der Waals surface area contributed by atoms with Gasteiger partial charge in [-0.15, -0.1) is 0 Å². The van der Waals surface area contributed by atoms with Crippen molar-refractivity contribution in [1.29, 1.82) is 0 Å². The first-order chi connectivity index (χ1) is 8.72. The van der Waals surface area contributed by atoms with E-state index < -0.39 is 5.82 Å². The molecule has 0 radical (unpaired) electrons. The number of aromatic nitrogens is 2. The maximum atomic E-state index is 13.6. The smallest absolute Gasteiger partial charge is 0.239 e. The molecule has 100 valence electrons. The van der Waals surface area contributed by atoms with Crippen LogP contribution in [0.5, 0.6) is 0 Å². The monoisotopic (exact) mass is 253 g/mol. The predicted molar refractivity (Wildman–Crippen MR) is 69.5 cm³/mol. The second kappa shape index (κ2) is 5.95. The Kier molecular flexibility index (Phi) is 4.30. The number of hydrogen-bond donors (Lipinski definition) is 3. The summed E-state index contributed by atoms with van der Waals surface area (Å²) in [7, 11) is 0. The van der Waals surface area contributed by atoms with Crippen LogP contribution in [0.15, 0.2) is 6.20 Å². The van der Waals surface area contributed by atoms with Gasteiger partial charge < -0.3 is 5.32 Å². The molecule has 1 aromatic heterocycles. The first-order valence-electron chi connectivity index (χ1n) is 6.48. The third-order valence-corrected chi connectivity index (χ3v) is 3.57. The second-order valence-corrected chi connectivity index (χ2v) is 4.82. The largest absolute Gasteiger partial charge is 0.365 e. The Morgan fingerprint density at radius 3 is 3.06 bits per heavy atom. The lowest BCUT2D eigenvalue weighted by atomic mass is 9.84. The molecule has 1 saturated carbocycles. The van der Waals surface area contributed by atoms with Gasteiger partial charge in [0, 0.05) is 6.04 Å². The lowest BCUT2D eigenvalue weighted by Gasteiger charge is -2.29. The van der Waals surface area contributed by atoms with Crippen LogP contribution in [-0.4, -0.2) is 16.0 Å². The molecule has 0 amide bonds. The molecule has 5 nitrogen and oxygen atoms in total. The van der Waals surface area contributed by atoms with Gasteiger partial charge in [0.25, 0.3) is 0 Å². The molecule has 0 bridgehead atoms. The van der Waals surface area contributed by atoms with Gasteiger partial charge in [0.05, 0.1) is 6.20 Å². The van der Waals surface area contributed by atoms with E-state index in [0.29, 0.717) is 6.04 Å². The van der Waals surface area contributed by atoms with Crippen LogP contribution in [0.4, 0.5) is 16.2 Å². The number of nitrogens with zero attached hydrogens (tertiary/aromatic N) is 2. The van der Waals surface area contributed by atoms with Gasteiger partial charge >= 0.3 is 0 Å². The number of nitrogens with one attached hydrogen (secondary N) is 2. The van der Waals surface area contributed by atoms with E-state index in [4.69, 9.17) is 5.84 Å². The lowest BCUT2D eigenvalue weighted by Crippen LogP contribution is -2.28. The van der Waals surface area contributed by atoms with E-state index in [9.17, 15) is 4.39 Å². The molecule has 1 aliphatic rings. The normalized spacial score (nSPS) is 23.7. The Labute approximate surface area is 106 Å². The second-order valence-electron chi connectivity index (χ2n) is 4.82. The molecule has 0 aliphatic heterocycles. The van der Waals surface area contributed by atoms with Gasteiger partial charge in [-0.2, -0.15) is 4.98 Å². The molecular weight excluding hydrogens is 233 g/mol. The average molecular weight is 253 g/mol. The fourth-order valence-corrected chi connectivity index (χ4v) is 2.52. The molecule has 0 spiro atoms. The van der Waals surface area contributed by atoms with Crippen LogP contribution in [0.3, 0.4) is 0 Å². The van der Waals surface area contributed by atoms with E-state index in [1.165, 1.54) is 19.3 Å². The summed E-state index contributed by atoms with van der Waals surface area (Å²) in [6.07, 6.45) is 6.91. The standard InChI is InChI=1S/C12H20FN5/c1-2-8-4-3-5-9(6-8)16-11-10(13)7-15-12(17-11)18-14/h7-9H,2-6,14H2,1H3,(H2,15,16,17,18). The van der Waals surface area contributed by atoms with E-state index in [-0.39, 0.29) is 11.8 Å². The summed E-state index contributed by atoms with van der Waals surface area (Å²) in [6, 6.07) is 0.290. The summed E-state index contributed by atoms with van der Waals surface area (Å²) < 4.78 is 13.6. The van der Waals surface area contributed by atoms with Gasteiger partial charge in [-0.3, -0.25) is 5.43 Å². The van der Waals surface area contributed by atoms with Crippen LogP contribution in [0.25, 0.3) is 0 Å². The highest BCUT2D eigenvalue weighted by Gasteiger charge is 2.22. The number of nitrogens with two attached hydrogens (primary N) is 1. The Bertz CT molecular complexity index is 398. The van der Waals surface area contributed by atoms with Crippen molar-refractivity contribution in [3.05, 3.63) is 12.0 Å². The zero-order chi connectivity index (χ0) is 13.0. The van der Waals surface area contributed by atoms with Crippen molar-refractivity contribution in [2.45, 2.75) is 45.1 Å². The molecule has 1 aromatic rings. The number of rotatable bonds is 4. The zero-order valence-corrected chi connectivity index (χ0v) is 10.6. The van der Waals surface area contributed by atoms with Crippen molar-refractivity contribution < 1.29 is 4.39 Å². The molecule has 0 saturated heterocycles. The molecule has 6 heteroatoms. The van der Waals surface area contributed by atoms with Crippen molar-refractivity contribution in [2.75, 3.05) is 10.7 Å². The van der Waals surface area contributed by atoms with Crippen LogP contribution in [0.1, 0.15) is 39.0 Å². The van der Waals surface area contributed by atoms with E-state index in [2.05, 4.69) is 27.6 Å². The van der Waals surface area contributed by atoms with Crippen LogP contribution in [0, 0.1) is 11.7 Å². The Morgan fingerprint density at radius 2 is 2.33 bits per heavy atom. The Hall–Kier alpha value is -1.43. The van der Waals surface area contributed by atoms with Gasteiger partial charge in [0.15, 0.2) is 11.6 Å². The molecular formula is C12H20FN5. The summed E-state index contributed by atoms with van der Waals surface area (Å²) in [4.78, 5) is 7.72. The van der Waals surface area contributed by atoms with Crippen LogP contribution in [0.2, 0.25) is 0 Å². The van der Waals surface area contributed by atoms with Gasteiger partial charge in [-0.25, -0.2) is 15.2 Å². The predicted octanol–water partition coefficient (Wildman–Crippen LogP) is 2.28. The van der Waals surface area contributed by atoms with Crippen molar-refractivity contribution in [3.8, 4) is 0 Å². The first-order valence-corrected chi connectivity index (χ1v) is 6.48. The molecule has 1 aliphatic carbocycles. The minimum Gasteiger partial charge on any atom is -0.365 e. The van der Waals surface area contributed by atoms with Gasteiger partial charge in [-0.1, -0.05) is 26.2 Å². The van der Waals surface area contributed by atoms with Gasteiger partial charge in [0.1, 0.15) is 0 Å². The molecule has 18 heavy (non-hydrogen) atoms. The molecule has 2 rings (SSSR count). The summed E-state index contributed by atoms with van der Waals surface area (Å²) in [5, 5.41) is 3.17. The van der Waals surface area contributed by atoms with Crippen LogP contribution in [-0.2, 0) is 0 Å². The number of hydrogen-bond acceptors (Lipinski definition) is 5. The third-order valence-electron chi connectivity index (χ3n) is 3.57. The lowest BCUT2D eigenvalue weighted by molar-refractivity contribution is 0.326. The number of halogens is 1. The van der Waals surface area contributed by atoms with Crippen LogP contribution < -0.4 is 16.6 Å². The Balaban J connectivity index is 2.04. The highest BCUT2D eigenvalue weighted by molar-refractivity contribution is 5.41. The SMILES string of the molecule is CCC1CCCC(Nc2nc(NN)ncc2F)C1. The van der Waals surface area contributed by atoms with E-state index in [1.54, 1.807) is 0 Å². The van der Waals surface area contributed by atoms with E-state index >= 15 is 0 Å². The first kappa shape index (κ1) is 13.0. The highest BCUT2D eigenvalue weighted by Crippen LogP contribution is 2.28. The molecule has 0 aromatic carbocycles. The van der Waals surface area contributed by atoms with Crippen molar-refractivity contribution >= 4 is 11.8 Å². The maximum Gasteiger partial charge on any atom is 0.239 e. The van der Waals surface area contributed by atoms with Gasteiger partial charge in [0.2, 0.25) is 5.95 Å². The highest BCUT2D eigenvalue weighted by atomic mass is 19.1. The van der Waals surface area contributed by atoms with Crippen molar-refractivity contribution in [3.63, 3.8) is 0 Å². The number of nitrogen functional groups attached to an aromatic ring is 1. The molecule has 2 unspecified atom stereocenters. The zero-order valence-electron chi connectivity index (χ0n) is 10.6. The fourth-order valence-electron chi connectivity index (χ4n) is 2.52. The molecule has 4 N–H and O–H groups in total. The van der Waals surface area contributed by atoms with E-state index in [1.807, 2.05) is 0 Å². The third kappa shape index (κ3) is 3.07. The van der Waals surface area contributed by atoms with Crippen molar-refractivity contribution in [2.24, 2.45) is 11.8 Å². The maximum absolute atomic E-state index is 13.6. The van der Waals surface area contributed by atoms with Gasteiger partial charge in [-0.05, 0) is 18.8 Å². The number of anilines is 2. The topological polar surface area (TPSA) is 75.9 Å². The minimum absolute atomic E-state index is 0.224. The molecule has 1 fully saturated rings. The quantitative estimate of drug-likeness (QED) is 0.567. The summed E-state index contributed by atoms with van der Waals surface area (Å²) >= 11 is 0. The summed E-state index contributed by atoms with van der Waals surface area (Å²) in [5.41, 5.74) is 2.32. The Morgan fingerprint density at radius 1 is 1.50 bits per heavy atom. The summed E-state index contributed by atoms with van der Waals surface area (Å²) in [5.74, 6) is 5.97. The van der Waals surface area contributed by atoms with E-state index in [0.717, 1.165) is 25.0 Å².